The lowest BCUT2D eigenvalue weighted by Gasteiger charge is -2.29. The molecular weight excluding hydrogens is 407 g/mol. The molecule has 0 spiro atoms. The minimum atomic E-state index is -4.32. The molecule has 2 aromatic carbocycles. The van der Waals surface area contributed by atoms with E-state index >= 15 is 0 Å². The lowest BCUT2D eigenvalue weighted by atomic mass is 9.99. The number of nitrogens with two attached hydrogens (primary N) is 1. The van der Waals surface area contributed by atoms with Gasteiger partial charge in [-0.1, -0.05) is 18.2 Å². The van der Waals surface area contributed by atoms with Crippen molar-refractivity contribution in [1.29, 1.82) is 0 Å². The van der Waals surface area contributed by atoms with Crippen molar-refractivity contribution < 1.29 is 22.7 Å². The summed E-state index contributed by atoms with van der Waals surface area (Å²) >= 11 is 0. The Morgan fingerprint density at radius 2 is 1.84 bits per heavy atom. The Morgan fingerprint density at radius 1 is 1.06 bits per heavy atom. The predicted molar refractivity (Wildman–Crippen MR) is 109 cm³/mol. The highest BCUT2D eigenvalue weighted by atomic mass is 19.4. The molecule has 31 heavy (non-hydrogen) atoms. The van der Waals surface area contributed by atoms with Gasteiger partial charge in [-0.15, -0.1) is 0 Å². The van der Waals surface area contributed by atoms with Crippen molar-refractivity contribution in [3.63, 3.8) is 0 Å². The van der Waals surface area contributed by atoms with Gasteiger partial charge in [0.2, 0.25) is 11.8 Å². The molecule has 0 unspecified atom stereocenters. The first-order valence-electron chi connectivity index (χ1n) is 9.72. The smallest absolute Gasteiger partial charge is 0.416 e. The number of pyridine rings is 1. The van der Waals surface area contributed by atoms with E-state index in [-0.39, 0.29) is 0 Å². The van der Waals surface area contributed by atoms with Crippen molar-refractivity contribution in [3.8, 4) is 11.6 Å². The van der Waals surface area contributed by atoms with E-state index in [4.69, 9.17) is 10.5 Å². The quantitative estimate of drug-likeness (QED) is 0.649. The number of nitrogens with zero attached hydrogens (tertiary/aromatic N) is 2. The van der Waals surface area contributed by atoms with Gasteiger partial charge >= 0.3 is 6.18 Å². The van der Waals surface area contributed by atoms with Crippen LogP contribution in [0, 0.1) is 0 Å². The first-order valence-corrected chi connectivity index (χ1v) is 9.72. The summed E-state index contributed by atoms with van der Waals surface area (Å²) in [7, 11) is 0. The normalized spacial score (nSPS) is 14.2. The topological polar surface area (TPSA) is 68.5 Å². The van der Waals surface area contributed by atoms with Crippen molar-refractivity contribution in [2.24, 2.45) is 5.73 Å². The summed E-state index contributed by atoms with van der Waals surface area (Å²) in [5.74, 6) is 0.465. The molecule has 1 aliphatic heterocycles. The fourth-order valence-electron chi connectivity index (χ4n) is 3.55. The van der Waals surface area contributed by atoms with Crippen LogP contribution in [0.15, 0.2) is 60.8 Å². The fraction of sp³-hybridized carbons (Fsp3) is 0.217. The van der Waals surface area contributed by atoms with Crippen LogP contribution in [0.4, 0.5) is 13.2 Å². The molecular formula is C23H20F3N3O2. The number of benzene rings is 2. The number of carbonyl (C=O) groups excluding carboxylic acids is 1. The Bertz CT molecular complexity index is 1080. The van der Waals surface area contributed by atoms with Gasteiger partial charge in [-0.25, -0.2) is 4.98 Å². The molecule has 2 N–H and O–H groups in total. The largest absolute Gasteiger partial charge is 0.439 e. The molecule has 0 fully saturated rings. The average Bonchev–Trinajstić information content (AvgIpc) is 2.74. The molecule has 0 aliphatic carbocycles. The van der Waals surface area contributed by atoms with Crippen molar-refractivity contribution in [1.82, 2.24) is 9.88 Å². The van der Waals surface area contributed by atoms with Crippen LogP contribution in [0.2, 0.25) is 0 Å². The molecule has 1 aromatic heterocycles. The van der Waals surface area contributed by atoms with E-state index in [0.29, 0.717) is 30.3 Å². The molecule has 4 rings (SSSR count). The molecule has 0 radical (unpaired) electrons. The van der Waals surface area contributed by atoms with Gasteiger partial charge in [0.25, 0.3) is 0 Å². The lowest BCUT2D eigenvalue weighted by molar-refractivity contribution is -0.137. The van der Waals surface area contributed by atoms with Crippen LogP contribution < -0.4 is 10.5 Å². The third-order valence-corrected chi connectivity index (χ3v) is 5.20. The number of ether oxygens (including phenoxy) is 1. The number of alkyl halides is 3. The maximum atomic E-state index is 12.7. The molecule has 160 valence electrons. The standard InChI is InChI=1S/C23H20F3N3O2/c24-23(25,26)19-5-1-15(2-6-19)13-29-10-9-16-11-20(7-3-18(16)14-29)31-21-8-4-17(12-28-21)22(27)30/h1-8,11-12H,9-10,13-14H2,(H2,27,30). The summed E-state index contributed by atoms with van der Waals surface area (Å²) in [6, 6.07) is 14.3. The molecule has 0 atom stereocenters. The van der Waals surface area contributed by atoms with E-state index in [1.165, 1.54) is 18.3 Å². The molecule has 0 saturated heterocycles. The lowest BCUT2D eigenvalue weighted by Crippen LogP contribution is -2.30. The maximum Gasteiger partial charge on any atom is 0.416 e. The fourth-order valence-corrected chi connectivity index (χ4v) is 3.55. The Kier molecular flexibility index (Phi) is 5.65. The predicted octanol–water partition coefficient (Wildman–Crippen LogP) is 4.55. The summed E-state index contributed by atoms with van der Waals surface area (Å²) in [4.78, 5) is 17.4. The number of hydrogen-bond acceptors (Lipinski definition) is 4. The number of amides is 1. The maximum absolute atomic E-state index is 12.7. The van der Waals surface area contributed by atoms with E-state index in [0.717, 1.165) is 41.8 Å². The first kappa shape index (κ1) is 20.9. The summed E-state index contributed by atoms with van der Waals surface area (Å²) in [6.45, 7) is 2.09. The molecule has 8 heteroatoms. The Labute approximate surface area is 177 Å². The third kappa shape index (κ3) is 5.03. The number of fused-ring (bicyclic) bond motifs is 1. The zero-order valence-corrected chi connectivity index (χ0v) is 16.5. The second kappa shape index (κ2) is 8.39. The summed E-state index contributed by atoms with van der Waals surface area (Å²) in [5, 5.41) is 0. The van der Waals surface area contributed by atoms with Crippen LogP contribution in [0.5, 0.6) is 11.6 Å². The van der Waals surface area contributed by atoms with Gasteiger partial charge in [-0.05, 0) is 53.4 Å². The van der Waals surface area contributed by atoms with Crippen LogP contribution in [-0.4, -0.2) is 22.3 Å². The number of aromatic nitrogens is 1. The van der Waals surface area contributed by atoms with Crippen molar-refractivity contribution >= 4 is 5.91 Å². The van der Waals surface area contributed by atoms with Gasteiger partial charge in [-0.2, -0.15) is 13.2 Å². The van der Waals surface area contributed by atoms with Crippen LogP contribution >= 0.6 is 0 Å². The highest BCUT2D eigenvalue weighted by Gasteiger charge is 2.30. The molecule has 1 amide bonds. The highest BCUT2D eigenvalue weighted by Crippen LogP contribution is 2.30. The molecule has 5 nitrogen and oxygen atoms in total. The van der Waals surface area contributed by atoms with Crippen LogP contribution in [0.25, 0.3) is 0 Å². The summed E-state index contributed by atoms with van der Waals surface area (Å²) in [5.41, 5.74) is 8.05. The van der Waals surface area contributed by atoms with Gasteiger partial charge in [-0.3, -0.25) is 9.69 Å². The number of carbonyl (C=O) groups is 1. The minimum Gasteiger partial charge on any atom is -0.439 e. The Hall–Kier alpha value is -3.39. The van der Waals surface area contributed by atoms with E-state index in [2.05, 4.69) is 9.88 Å². The highest BCUT2D eigenvalue weighted by molar-refractivity contribution is 5.92. The SMILES string of the molecule is NC(=O)c1ccc(Oc2ccc3c(c2)CCN(Cc2ccc(C(F)(F)F)cc2)C3)nc1. The van der Waals surface area contributed by atoms with Gasteiger partial charge in [0.15, 0.2) is 0 Å². The third-order valence-electron chi connectivity index (χ3n) is 5.20. The number of rotatable bonds is 5. The van der Waals surface area contributed by atoms with E-state index in [1.54, 1.807) is 12.1 Å². The van der Waals surface area contributed by atoms with Gasteiger partial charge in [0.05, 0.1) is 11.1 Å². The summed E-state index contributed by atoms with van der Waals surface area (Å²) in [6.07, 6.45) is -2.14. The van der Waals surface area contributed by atoms with Crippen LogP contribution in [0.3, 0.4) is 0 Å². The molecule has 3 aromatic rings. The van der Waals surface area contributed by atoms with Gasteiger partial charge < -0.3 is 10.5 Å². The molecule has 0 bridgehead atoms. The number of hydrogen-bond donors (Lipinski definition) is 1. The monoisotopic (exact) mass is 427 g/mol. The molecule has 0 saturated carbocycles. The van der Waals surface area contributed by atoms with Crippen molar-refractivity contribution in [3.05, 3.63) is 88.6 Å². The van der Waals surface area contributed by atoms with Crippen LogP contribution in [-0.2, 0) is 25.7 Å². The van der Waals surface area contributed by atoms with E-state index in [1.807, 2.05) is 18.2 Å². The van der Waals surface area contributed by atoms with Gasteiger partial charge in [0.1, 0.15) is 5.75 Å². The van der Waals surface area contributed by atoms with E-state index < -0.39 is 17.6 Å². The first-order chi connectivity index (χ1) is 14.8. The van der Waals surface area contributed by atoms with E-state index in [9.17, 15) is 18.0 Å². The Balaban J connectivity index is 1.39. The zero-order chi connectivity index (χ0) is 22.0. The average molecular weight is 427 g/mol. The minimum absolute atomic E-state index is 0.311. The van der Waals surface area contributed by atoms with Crippen molar-refractivity contribution in [2.75, 3.05) is 6.54 Å². The van der Waals surface area contributed by atoms with Crippen LogP contribution in [0.1, 0.15) is 32.6 Å². The number of primary amides is 1. The second-order valence-corrected chi connectivity index (χ2v) is 7.44. The van der Waals surface area contributed by atoms with Gasteiger partial charge in [0, 0.05) is 31.9 Å². The second-order valence-electron chi connectivity index (χ2n) is 7.44. The molecule has 2 heterocycles. The zero-order valence-electron chi connectivity index (χ0n) is 16.5. The summed E-state index contributed by atoms with van der Waals surface area (Å²) < 4.78 is 43.9. The Morgan fingerprint density at radius 3 is 2.48 bits per heavy atom. The molecule has 1 aliphatic rings. The van der Waals surface area contributed by atoms with Crippen molar-refractivity contribution in [2.45, 2.75) is 25.7 Å². The number of halogens is 3.